The summed E-state index contributed by atoms with van der Waals surface area (Å²) in [7, 11) is 1.98. The minimum Gasteiger partial charge on any atom is -0.337 e. The number of carbonyl (C=O) groups excluding carboxylic acids is 1. The van der Waals surface area contributed by atoms with E-state index in [2.05, 4.69) is 10.4 Å². The molecule has 1 aliphatic heterocycles. The Labute approximate surface area is 137 Å². The van der Waals surface area contributed by atoms with Crippen LogP contribution < -0.4 is 5.32 Å². The van der Waals surface area contributed by atoms with Crippen molar-refractivity contribution in [3.8, 4) is 5.69 Å². The number of piperidine rings is 1. The average Bonchev–Trinajstić information content (AvgIpc) is 2.98. The summed E-state index contributed by atoms with van der Waals surface area (Å²) in [5.41, 5.74) is 2.50. The Morgan fingerprint density at radius 2 is 1.96 bits per heavy atom. The van der Waals surface area contributed by atoms with E-state index in [1.165, 1.54) is 0 Å². The normalized spacial score (nSPS) is 15.8. The topological polar surface area (TPSA) is 50.2 Å². The number of benzene rings is 1. The van der Waals surface area contributed by atoms with Crippen molar-refractivity contribution >= 4 is 5.91 Å². The van der Waals surface area contributed by atoms with Crippen LogP contribution in [0.25, 0.3) is 5.69 Å². The monoisotopic (exact) mass is 312 g/mol. The quantitative estimate of drug-likeness (QED) is 0.942. The summed E-state index contributed by atoms with van der Waals surface area (Å²) < 4.78 is 1.83. The summed E-state index contributed by atoms with van der Waals surface area (Å²) in [4.78, 5) is 14.6. The highest BCUT2D eigenvalue weighted by atomic mass is 16.2. The van der Waals surface area contributed by atoms with Gasteiger partial charge in [0.1, 0.15) is 0 Å². The van der Waals surface area contributed by atoms with Gasteiger partial charge < -0.3 is 10.2 Å². The fraction of sp³-hybridized carbons (Fsp3) is 0.444. The maximum Gasteiger partial charge on any atom is 0.274 e. The summed E-state index contributed by atoms with van der Waals surface area (Å²) in [5, 5.41) is 7.75. The predicted molar refractivity (Wildman–Crippen MR) is 90.9 cm³/mol. The number of aromatic nitrogens is 2. The summed E-state index contributed by atoms with van der Waals surface area (Å²) >= 11 is 0. The molecule has 0 unspecified atom stereocenters. The lowest BCUT2D eigenvalue weighted by molar-refractivity contribution is 0.0684. The van der Waals surface area contributed by atoms with Gasteiger partial charge in [-0.05, 0) is 57.5 Å². The third-order valence-corrected chi connectivity index (χ3v) is 4.50. The molecule has 122 valence electrons. The predicted octanol–water partition coefficient (Wildman–Crippen LogP) is 2.25. The number of nitrogens with zero attached hydrogens (tertiary/aromatic N) is 3. The molecule has 1 saturated heterocycles. The molecule has 1 aromatic heterocycles. The van der Waals surface area contributed by atoms with Crippen LogP contribution in [0, 0.1) is 12.8 Å². The van der Waals surface area contributed by atoms with Gasteiger partial charge in [-0.3, -0.25) is 4.79 Å². The molecule has 0 bridgehead atoms. The SMILES string of the molecule is CNCC1CCN(C(=O)c2cc(C)n(-c3ccccc3)n2)CC1. The number of nitrogens with one attached hydrogen (secondary N) is 1. The van der Waals surface area contributed by atoms with E-state index >= 15 is 0 Å². The highest BCUT2D eigenvalue weighted by Crippen LogP contribution is 2.19. The maximum atomic E-state index is 12.7. The first kappa shape index (κ1) is 15.7. The van der Waals surface area contributed by atoms with Gasteiger partial charge in [0, 0.05) is 18.8 Å². The molecule has 1 amide bonds. The molecule has 1 aliphatic rings. The first-order valence-electron chi connectivity index (χ1n) is 8.25. The van der Waals surface area contributed by atoms with Gasteiger partial charge in [0.25, 0.3) is 5.91 Å². The molecule has 1 aromatic carbocycles. The van der Waals surface area contributed by atoms with Gasteiger partial charge in [0.15, 0.2) is 5.69 Å². The first-order valence-corrected chi connectivity index (χ1v) is 8.25. The van der Waals surface area contributed by atoms with E-state index in [1.807, 2.05) is 60.0 Å². The number of amides is 1. The van der Waals surface area contributed by atoms with Crippen molar-refractivity contribution in [3.63, 3.8) is 0 Å². The Hall–Kier alpha value is -2.14. The molecule has 5 nitrogen and oxygen atoms in total. The molecule has 0 radical (unpaired) electrons. The highest BCUT2D eigenvalue weighted by molar-refractivity contribution is 5.92. The third-order valence-electron chi connectivity index (χ3n) is 4.50. The van der Waals surface area contributed by atoms with Crippen LogP contribution in [0.15, 0.2) is 36.4 Å². The molecule has 0 spiro atoms. The van der Waals surface area contributed by atoms with Crippen LogP contribution in [0.5, 0.6) is 0 Å². The van der Waals surface area contributed by atoms with E-state index in [1.54, 1.807) is 0 Å². The van der Waals surface area contributed by atoms with Crippen molar-refractivity contribution in [1.82, 2.24) is 20.0 Å². The molecule has 0 aliphatic carbocycles. The molecular formula is C18H24N4O. The average molecular weight is 312 g/mol. The van der Waals surface area contributed by atoms with Crippen molar-refractivity contribution in [3.05, 3.63) is 47.8 Å². The van der Waals surface area contributed by atoms with E-state index in [-0.39, 0.29) is 5.91 Å². The van der Waals surface area contributed by atoms with Gasteiger partial charge in [-0.15, -0.1) is 0 Å². The summed E-state index contributed by atoms with van der Waals surface area (Å²) in [6, 6.07) is 11.8. The van der Waals surface area contributed by atoms with Crippen molar-refractivity contribution in [2.45, 2.75) is 19.8 Å². The van der Waals surface area contributed by atoms with Crippen molar-refractivity contribution in [2.75, 3.05) is 26.7 Å². The zero-order valence-corrected chi connectivity index (χ0v) is 13.8. The van der Waals surface area contributed by atoms with Gasteiger partial charge in [-0.1, -0.05) is 18.2 Å². The molecule has 2 heterocycles. The first-order chi connectivity index (χ1) is 11.2. The van der Waals surface area contributed by atoms with Crippen molar-refractivity contribution < 1.29 is 4.79 Å². The van der Waals surface area contributed by atoms with Crippen LogP contribution in [0.3, 0.4) is 0 Å². The van der Waals surface area contributed by atoms with Gasteiger partial charge in [-0.2, -0.15) is 5.10 Å². The van der Waals surface area contributed by atoms with E-state index < -0.39 is 0 Å². The second-order valence-corrected chi connectivity index (χ2v) is 6.21. The molecule has 3 rings (SSSR count). The summed E-state index contributed by atoms with van der Waals surface area (Å²) in [6.07, 6.45) is 2.12. The lowest BCUT2D eigenvalue weighted by atomic mass is 9.96. The molecule has 23 heavy (non-hydrogen) atoms. The minimum absolute atomic E-state index is 0.0469. The van der Waals surface area contributed by atoms with Gasteiger partial charge in [0.2, 0.25) is 0 Å². The lowest BCUT2D eigenvalue weighted by Gasteiger charge is -2.31. The van der Waals surface area contributed by atoms with Crippen LogP contribution in [-0.4, -0.2) is 47.3 Å². The smallest absolute Gasteiger partial charge is 0.274 e. The van der Waals surface area contributed by atoms with Crippen LogP contribution >= 0.6 is 0 Å². The second-order valence-electron chi connectivity index (χ2n) is 6.21. The molecule has 0 saturated carbocycles. The largest absolute Gasteiger partial charge is 0.337 e. The fourth-order valence-electron chi connectivity index (χ4n) is 3.20. The van der Waals surface area contributed by atoms with Crippen LogP contribution in [0.4, 0.5) is 0 Å². The van der Waals surface area contributed by atoms with E-state index in [4.69, 9.17) is 0 Å². The highest BCUT2D eigenvalue weighted by Gasteiger charge is 2.25. The Bertz CT molecular complexity index is 657. The number of hydrogen-bond acceptors (Lipinski definition) is 3. The van der Waals surface area contributed by atoms with Gasteiger partial charge in [-0.25, -0.2) is 4.68 Å². The molecule has 5 heteroatoms. The number of carbonyl (C=O) groups is 1. The standard InChI is InChI=1S/C18H24N4O/c1-14-12-17(20-22(14)16-6-4-3-5-7-16)18(23)21-10-8-15(9-11-21)13-19-2/h3-7,12,15,19H,8-11,13H2,1-2H3. The number of hydrogen-bond donors (Lipinski definition) is 1. The zero-order valence-electron chi connectivity index (χ0n) is 13.8. The number of likely N-dealkylation sites (tertiary alicyclic amines) is 1. The Balaban J connectivity index is 1.72. The van der Waals surface area contributed by atoms with Gasteiger partial charge >= 0.3 is 0 Å². The van der Waals surface area contributed by atoms with Crippen LogP contribution in [0.1, 0.15) is 29.0 Å². The van der Waals surface area contributed by atoms with E-state index in [9.17, 15) is 4.79 Å². The molecule has 1 N–H and O–H groups in total. The van der Waals surface area contributed by atoms with Crippen molar-refractivity contribution in [1.29, 1.82) is 0 Å². The lowest BCUT2D eigenvalue weighted by Crippen LogP contribution is -2.40. The summed E-state index contributed by atoms with van der Waals surface area (Å²) in [6.45, 7) is 4.66. The van der Waals surface area contributed by atoms with Crippen LogP contribution in [-0.2, 0) is 0 Å². The molecule has 2 aromatic rings. The third kappa shape index (κ3) is 3.45. The second kappa shape index (κ2) is 6.96. The fourth-order valence-corrected chi connectivity index (χ4v) is 3.20. The minimum atomic E-state index is 0.0469. The molecule has 0 atom stereocenters. The number of aryl methyl sites for hydroxylation is 1. The molecular weight excluding hydrogens is 288 g/mol. The van der Waals surface area contributed by atoms with Crippen molar-refractivity contribution in [2.24, 2.45) is 5.92 Å². The van der Waals surface area contributed by atoms with E-state index in [0.717, 1.165) is 43.9 Å². The summed E-state index contributed by atoms with van der Waals surface area (Å²) in [5.74, 6) is 0.721. The van der Waals surface area contributed by atoms with Gasteiger partial charge in [0.05, 0.1) is 5.69 Å². The van der Waals surface area contributed by atoms with Crippen LogP contribution in [0.2, 0.25) is 0 Å². The van der Waals surface area contributed by atoms with E-state index in [0.29, 0.717) is 11.6 Å². The molecule has 1 fully saturated rings. The Morgan fingerprint density at radius 3 is 2.61 bits per heavy atom. The maximum absolute atomic E-state index is 12.7. The number of rotatable bonds is 4. The number of para-hydroxylation sites is 1. The zero-order chi connectivity index (χ0) is 16.2. The Kier molecular flexibility index (Phi) is 4.76. The Morgan fingerprint density at radius 1 is 1.26 bits per heavy atom.